The van der Waals surface area contributed by atoms with Crippen LogP contribution in [0.2, 0.25) is 0 Å². The number of aromatic nitrogens is 4. The quantitative estimate of drug-likeness (QED) is 0.172. The van der Waals surface area contributed by atoms with E-state index in [4.69, 9.17) is 0 Å². The van der Waals surface area contributed by atoms with Crippen molar-refractivity contribution < 1.29 is 0 Å². The Bertz CT molecular complexity index is 2680. The van der Waals surface area contributed by atoms with E-state index in [9.17, 15) is 0 Å². The van der Waals surface area contributed by atoms with Crippen molar-refractivity contribution in [2.75, 3.05) is 37.8 Å². The first-order valence-electron chi connectivity index (χ1n) is 18.2. The Hall–Kier alpha value is -4.30. The van der Waals surface area contributed by atoms with Gasteiger partial charge < -0.3 is 15.5 Å². The largest absolute Gasteiger partial charge is 0.355 e. The molecule has 12 heteroatoms. The van der Waals surface area contributed by atoms with Crippen molar-refractivity contribution in [1.29, 1.82) is 0 Å². The van der Waals surface area contributed by atoms with Crippen LogP contribution in [0.5, 0.6) is 0 Å². The molecule has 10 rings (SSSR count). The Morgan fingerprint density at radius 3 is 1.82 bits per heavy atom. The van der Waals surface area contributed by atoms with Crippen molar-refractivity contribution >= 4 is 115 Å². The maximum atomic E-state index is 4.64. The lowest BCUT2D eigenvalue weighted by Crippen LogP contribution is -2.38. The second-order valence-electron chi connectivity index (χ2n) is 15.2. The number of benzene rings is 2. The van der Waals surface area contributed by atoms with Crippen molar-refractivity contribution in [3.8, 4) is 0 Å². The molecule has 55 heavy (non-hydrogen) atoms. The van der Waals surface area contributed by atoms with Gasteiger partial charge in [-0.3, -0.25) is 4.90 Å². The van der Waals surface area contributed by atoms with Crippen molar-refractivity contribution in [3.05, 3.63) is 99.9 Å². The molecule has 8 aromatic rings. The first kappa shape index (κ1) is 37.6. The van der Waals surface area contributed by atoms with Crippen molar-refractivity contribution in [2.45, 2.75) is 58.5 Å². The van der Waals surface area contributed by atoms with Crippen LogP contribution in [0.25, 0.3) is 46.4 Å². The molecule has 1 atom stereocenters. The maximum Gasteiger partial charge on any atom is 0.125 e. The van der Waals surface area contributed by atoms with Crippen LogP contribution in [0.15, 0.2) is 90.2 Å². The van der Waals surface area contributed by atoms with Gasteiger partial charge in [-0.05, 0) is 121 Å². The van der Waals surface area contributed by atoms with E-state index in [1.54, 1.807) is 34.0 Å². The molecule has 282 valence electrons. The minimum atomic E-state index is 0. The van der Waals surface area contributed by atoms with Crippen LogP contribution in [0.4, 0.5) is 22.7 Å². The van der Waals surface area contributed by atoms with Gasteiger partial charge in [0, 0.05) is 67.8 Å². The number of rotatable bonds is 6. The Morgan fingerprint density at radius 2 is 1.27 bits per heavy atom. The van der Waals surface area contributed by atoms with Gasteiger partial charge in [-0.2, -0.15) is 0 Å². The Kier molecular flexibility index (Phi) is 10.0. The molecule has 0 saturated carbocycles. The van der Waals surface area contributed by atoms with Crippen molar-refractivity contribution in [1.82, 2.24) is 29.7 Å². The molecule has 6 aromatic heterocycles. The number of fused-ring (bicyclic) bond motifs is 4. The summed E-state index contributed by atoms with van der Waals surface area (Å²) in [6.07, 6.45) is 7.33. The number of thiazole rings is 2. The van der Waals surface area contributed by atoms with Gasteiger partial charge in [-0.1, -0.05) is 13.5 Å². The summed E-state index contributed by atoms with van der Waals surface area (Å²) in [6, 6.07) is 21.4. The lowest BCUT2D eigenvalue weighted by Gasteiger charge is -2.32. The molecule has 2 aliphatic rings. The molecule has 1 saturated heterocycles. The molecule has 0 radical (unpaired) electrons. The first-order chi connectivity index (χ1) is 26.0. The number of anilines is 4. The highest BCUT2D eigenvalue weighted by Gasteiger charge is 2.41. The highest BCUT2D eigenvalue weighted by atomic mass is 32.1. The molecule has 8 heterocycles. The summed E-state index contributed by atoms with van der Waals surface area (Å²) in [5, 5.41) is 9.52. The number of likely N-dealkylation sites (tertiary alicyclic amines) is 1. The highest BCUT2D eigenvalue weighted by Crippen LogP contribution is 2.46. The van der Waals surface area contributed by atoms with E-state index in [2.05, 4.69) is 143 Å². The van der Waals surface area contributed by atoms with Crippen LogP contribution in [0.3, 0.4) is 0 Å². The molecule has 2 aliphatic heterocycles. The number of hydrogen-bond acceptors (Lipinski definition) is 12. The third kappa shape index (κ3) is 6.93. The van der Waals surface area contributed by atoms with E-state index in [1.165, 1.54) is 41.9 Å². The smallest absolute Gasteiger partial charge is 0.125 e. The van der Waals surface area contributed by atoms with E-state index in [0.717, 1.165) is 56.5 Å². The molecule has 1 unspecified atom stereocenters. The fraction of sp³-hybridized carbons (Fsp3) is 0.302. The maximum absolute atomic E-state index is 4.64. The monoisotopic (exact) mass is 802 g/mol. The first-order valence-corrected chi connectivity index (χ1v) is 21.5. The molecule has 0 amide bonds. The average molecular weight is 803 g/mol. The predicted molar refractivity (Wildman–Crippen MR) is 241 cm³/mol. The standard InChI is InChI=1S/C21H22N4S2.C21H20N4S2.CH4/c2*1-21(2)15(7-9-25(21)3)19-11-14-16(6-8-22-20(14)27-19)24-13-4-5-18-17(10-13)23-12-26-18;/h4-6,8,10-12,15H,7,9H2,1-3H3,(H,22,24);4-8,10-12H,9H2,1-3H3,(H,22,24);1H4. The summed E-state index contributed by atoms with van der Waals surface area (Å²) in [6.45, 7) is 11.4. The topological polar surface area (TPSA) is 82.1 Å². The Labute approximate surface area is 338 Å². The lowest BCUT2D eigenvalue weighted by atomic mass is 9.87. The molecule has 1 fully saturated rings. The molecule has 8 nitrogen and oxygen atoms in total. The summed E-state index contributed by atoms with van der Waals surface area (Å²) in [4.78, 5) is 27.9. The Morgan fingerprint density at radius 1 is 0.691 bits per heavy atom. The van der Waals surface area contributed by atoms with E-state index in [-0.39, 0.29) is 18.5 Å². The van der Waals surface area contributed by atoms with Crippen molar-refractivity contribution in [2.24, 2.45) is 0 Å². The zero-order valence-corrected chi connectivity index (χ0v) is 34.4. The van der Waals surface area contributed by atoms with Crippen LogP contribution in [-0.2, 0) is 0 Å². The number of nitrogens with one attached hydrogen (secondary N) is 2. The van der Waals surface area contributed by atoms with Gasteiger partial charge >= 0.3 is 0 Å². The highest BCUT2D eigenvalue weighted by molar-refractivity contribution is 7.20. The second-order valence-corrected chi connectivity index (χ2v) is 19.1. The number of likely N-dealkylation sites (N-methyl/N-ethyl adjacent to an activating group) is 2. The predicted octanol–water partition coefficient (Wildman–Crippen LogP) is 12.2. The molecule has 0 bridgehead atoms. The normalized spacial score (nSPS) is 18.1. The molecule has 2 aromatic carbocycles. The minimum absolute atomic E-state index is 0. The van der Waals surface area contributed by atoms with Gasteiger partial charge in [0.15, 0.2) is 0 Å². The van der Waals surface area contributed by atoms with E-state index >= 15 is 0 Å². The molecular formula is C43H46N8S4. The molecule has 0 aliphatic carbocycles. The summed E-state index contributed by atoms with van der Waals surface area (Å²) in [5.74, 6) is 0.556. The summed E-state index contributed by atoms with van der Waals surface area (Å²) >= 11 is 6.95. The van der Waals surface area contributed by atoms with Crippen molar-refractivity contribution in [3.63, 3.8) is 0 Å². The van der Waals surface area contributed by atoms with Gasteiger partial charge in [-0.15, -0.1) is 45.3 Å². The van der Waals surface area contributed by atoms with Crippen LogP contribution in [0, 0.1) is 0 Å². The fourth-order valence-electron chi connectivity index (χ4n) is 7.64. The number of thiophene rings is 2. The van der Waals surface area contributed by atoms with Gasteiger partial charge in [0.05, 0.1) is 42.8 Å². The summed E-state index contributed by atoms with van der Waals surface area (Å²) < 4.78 is 2.42. The molecule has 0 spiro atoms. The minimum Gasteiger partial charge on any atom is -0.355 e. The second kappa shape index (κ2) is 14.6. The number of hydrogen-bond donors (Lipinski definition) is 2. The molecular weight excluding hydrogens is 757 g/mol. The van der Waals surface area contributed by atoms with Gasteiger partial charge in [0.2, 0.25) is 0 Å². The van der Waals surface area contributed by atoms with E-state index < -0.39 is 0 Å². The Balaban J connectivity index is 0.000000153. The average Bonchev–Trinajstić information content (AvgIpc) is 4.01. The van der Waals surface area contributed by atoms with Gasteiger partial charge in [0.25, 0.3) is 0 Å². The number of pyridine rings is 2. The zero-order valence-electron chi connectivity index (χ0n) is 31.2. The number of nitrogens with zero attached hydrogens (tertiary/aromatic N) is 6. The summed E-state index contributed by atoms with van der Waals surface area (Å²) in [7, 11) is 4.41. The third-order valence-corrected chi connectivity index (χ3v) is 15.3. The SMILES string of the molecule is C.CN1CC=C(c2cc3c(Nc4ccc5scnc5c4)ccnc3s2)C1(C)C.CN1CCC(c2cc3c(Nc4ccc5scnc5c4)ccnc3s2)C1(C)C. The zero-order chi connectivity index (χ0) is 37.2. The van der Waals surface area contributed by atoms with E-state index in [0.29, 0.717) is 5.92 Å². The third-order valence-electron chi connectivity index (χ3n) is 11.5. The van der Waals surface area contributed by atoms with Gasteiger partial charge in [0.1, 0.15) is 9.66 Å². The van der Waals surface area contributed by atoms with Gasteiger partial charge in [-0.25, -0.2) is 19.9 Å². The van der Waals surface area contributed by atoms with Crippen LogP contribution >= 0.6 is 45.3 Å². The summed E-state index contributed by atoms with van der Waals surface area (Å²) in [5.41, 5.74) is 11.8. The van der Waals surface area contributed by atoms with E-state index in [1.807, 2.05) is 40.8 Å². The lowest BCUT2D eigenvalue weighted by molar-refractivity contribution is 0.203. The molecule has 2 N–H and O–H groups in total. The van der Waals surface area contributed by atoms with Crippen LogP contribution < -0.4 is 10.6 Å². The van der Waals surface area contributed by atoms with Crippen LogP contribution in [0.1, 0.15) is 57.2 Å². The fourth-order valence-corrected chi connectivity index (χ4v) is 11.5. The van der Waals surface area contributed by atoms with Crippen LogP contribution in [-0.4, -0.2) is 68.0 Å².